The molecule has 2 aromatic rings. The molecule has 1 aliphatic heterocycles. The number of alkyl halides is 3. The number of benzene rings is 1. The smallest absolute Gasteiger partial charge is 0.433 e. The number of aromatic nitrogens is 2. The topological polar surface area (TPSA) is 47.5 Å². The predicted octanol–water partition coefficient (Wildman–Crippen LogP) is 5.58. The van der Waals surface area contributed by atoms with Crippen LogP contribution in [0.5, 0.6) is 11.5 Å². The molecule has 4 rings (SSSR count). The lowest BCUT2D eigenvalue weighted by atomic mass is 9.65. The van der Waals surface area contributed by atoms with Crippen LogP contribution in [0.1, 0.15) is 45.7 Å². The molecule has 8 heteroatoms. The van der Waals surface area contributed by atoms with Gasteiger partial charge in [0.1, 0.15) is 0 Å². The maximum atomic E-state index is 13.7. The first-order valence-electron chi connectivity index (χ1n) is 10.4. The van der Waals surface area contributed by atoms with Crippen LogP contribution < -0.4 is 14.4 Å². The van der Waals surface area contributed by atoms with Gasteiger partial charge in [0.15, 0.2) is 17.2 Å². The van der Waals surface area contributed by atoms with Crippen molar-refractivity contribution in [2.24, 2.45) is 10.8 Å². The first kappa shape index (κ1) is 21.7. The number of hydrogen-bond donors (Lipinski definition) is 0. The molecule has 0 radical (unpaired) electrons. The summed E-state index contributed by atoms with van der Waals surface area (Å²) in [6.45, 7) is 7.32. The van der Waals surface area contributed by atoms with Crippen LogP contribution in [0.25, 0.3) is 11.3 Å². The maximum Gasteiger partial charge on any atom is 0.433 e. The summed E-state index contributed by atoms with van der Waals surface area (Å²) < 4.78 is 51.7. The van der Waals surface area contributed by atoms with E-state index >= 15 is 0 Å². The molecule has 2 atom stereocenters. The first-order chi connectivity index (χ1) is 14.4. The summed E-state index contributed by atoms with van der Waals surface area (Å²) in [6.07, 6.45) is -1.68. The van der Waals surface area contributed by atoms with E-state index < -0.39 is 11.9 Å². The van der Waals surface area contributed by atoms with E-state index in [4.69, 9.17) is 9.47 Å². The average Bonchev–Trinajstić information content (AvgIpc) is 2.95. The quantitative estimate of drug-likeness (QED) is 0.627. The molecular formula is C23H28F3N3O2. The van der Waals surface area contributed by atoms with Gasteiger partial charge in [0.25, 0.3) is 0 Å². The number of halogens is 3. The summed E-state index contributed by atoms with van der Waals surface area (Å²) in [4.78, 5) is 10.5. The SMILES string of the molecule is COc1ccc(-c2cc(C(F)(F)F)nc(N3CC4(C)CC3CC(C)(C)C4)n2)cc1OC. The van der Waals surface area contributed by atoms with E-state index in [1.54, 1.807) is 18.2 Å². The van der Waals surface area contributed by atoms with Gasteiger partial charge in [-0.25, -0.2) is 9.97 Å². The molecule has 1 aliphatic carbocycles. The maximum absolute atomic E-state index is 13.7. The molecule has 0 spiro atoms. The average molecular weight is 435 g/mol. The van der Waals surface area contributed by atoms with Gasteiger partial charge in [0.05, 0.1) is 19.9 Å². The Morgan fingerprint density at radius 1 is 1.00 bits per heavy atom. The highest BCUT2D eigenvalue weighted by atomic mass is 19.4. The Morgan fingerprint density at radius 3 is 2.35 bits per heavy atom. The van der Waals surface area contributed by atoms with E-state index in [-0.39, 0.29) is 28.5 Å². The second-order valence-electron chi connectivity index (χ2n) is 9.85. The number of fused-ring (bicyclic) bond motifs is 2. The number of hydrogen-bond acceptors (Lipinski definition) is 5. The van der Waals surface area contributed by atoms with Gasteiger partial charge in [-0.1, -0.05) is 20.8 Å². The third kappa shape index (κ3) is 4.16. The zero-order valence-electron chi connectivity index (χ0n) is 18.5. The fourth-order valence-corrected chi connectivity index (χ4v) is 5.55. The van der Waals surface area contributed by atoms with E-state index in [0.29, 0.717) is 23.6 Å². The Hall–Kier alpha value is -2.51. The van der Waals surface area contributed by atoms with Crippen LogP contribution in [0.15, 0.2) is 24.3 Å². The van der Waals surface area contributed by atoms with Crippen molar-refractivity contribution in [2.75, 3.05) is 25.7 Å². The third-order valence-corrected chi connectivity index (χ3v) is 6.36. The van der Waals surface area contributed by atoms with Crippen LogP contribution in [0, 0.1) is 10.8 Å². The van der Waals surface area contributed by atoms with E-state index in [1.807, 2.05) is 4.90 Å². The Balaban J connectivity index is 1.80. The minimum Gasteiger partial charge on any atom is -0.493 e. The zero-order chi connectivity index (χ0) is 22.6. The third-order valence-electron chi connectivity index (χ3n) is 6.36. The fourth-order valence-electron chi connectivity index (χ4n) is 5.55. The molecule has 2 aliphatic rings. The largest absolute Gasteiger partial charge is 0.493 e. The number of methoxy groups -OCH3 is 2. The van der Waals surface area contributed by atoms with Crippen LogP contribution in [0.2, 0.25) is 0 Å². The molecule has 1 saturated carbocycles. The van der Waals surface area contributed by atoms with Crippen LogP contribution in [0.3, 0.4) is 0 Å². The van der Waals surface area contributed by atoms with E-state index in [2.05, 4.69) is 30.7 Å². The van der Waals surface area contributed by atoms with Gasteiger partial charge in [-0.15, -0.1) is 0 Å². The summed E-state index contributed by atoms with van der Waals surface area (Å²) in [6, 6.07) is 6.11. The second kappa shape index (κ2) is 7.28. The lowest BCUT2D eigenvalue weighted by molar-refractivity contribution is -0.141. The molecule has 1 aromatic carbocycles. The van der Waals surface area contributed by atoms with Gasteiger partial charge < -0.3 is 14.4 Å². The molecule has 168 valence electrons. The molecule has 2 unspecified atom stereocenters. The summed E-state index contributed by atoms with van der Waals surface area (Å²) in [5, 5.41) is 0. The molecule has 31 heavy (non-hydrogen) atoms. The van der Waals surface area contributed by atoms with Gasteiger partial charge >= 0.3 is 6.18 Å². The number of anilines is 1. The molecule has 0 amide bonds. The fraction of sp³-hybridized carbons (Fsp3) is 0.565. The van der Waals surface area contributed by atoms with Crippen molar-refractivity contribution in [1.29, 1.82) is 0 Å². The van der Waals surface area contributed by atoms with Gasteiger partial charge in [0.2, 0.25) is 5.95 Å². The predicted molar refractivity (Wildman–Crippen MR) is 112 cm³/mol. The van der Waals surface area contributed by atoms with E-state index in [0.717, 1.165) is 25.3 Å². The Morgan fingerprint density at radius 2 is 1.71 bits per heavy atom. The molecule has 5 nitrogen and oxygen atoms in total. The van der Waals surface area contributed by atoms with Crippen LogP contribution in [-0.2, 0) is 6.18 Å². The van der Waals surface area contributed by atoms with Crippen molar-refractivity contribution in [3.8, 4) is 22.8 Å². The Kier molecular flexibility index (Phi) is 5.10. The number of ether oxygens (including phenoxy) is 2. The van der Waals surface area contributed by atoms with Crippen LogP contribution in [-0.4, -0.2) is 36.8 Å². The second-order valence-corrected chi connectivity index (χ2v) is 9.85. The van der Waals surface area contributed by atoms with Crippen molar-refractivity contribution < 1.29 is 22.6 Å². The monoisotopic (exact) mass is 435 g/mol. The van der Waals surface area contributed by atoms with Crippen molar-refractivity contribution in [2.45, 2.75) is 52.3 Å². The minimum absolute atomic E-state index is 0.0491. The standard InChI is InChI=1S/C23H28F3N3O2/c1-21(2)10-15-11-22(3,12-21)13-29(15)20-27-16(9-19(28-20)23(24,25)26)14-6-7-17(30-4)18(8-14)31-5/h6-9,15H,10-13H2,1-5H3. The minimum atomic E-state index is -4.57. The normalized spacial score (nSPS) is 24.9. The van der Waals surface area contributed by atoms with Crippen LogP contribution >= 0.6 is 0 Å². The molecule has 2 heterocycles. The van der Waals surface area contributed by atoms with Gasteiger partial charge in [0, 0.05) is 18.2 Å². The molecule has 1 aromatic heterocycles. The zero-order valence-corrected chi connectivity index (χ0v) is 18.5. The van der Waals surface area contributed by atoms with E-state index in [1.165, 1.54) is 14.2 Å². The van der Waals surface area contributed by atoms with Gasteiger partial charge in [-0.05, 0) is 54.4 Å². The van der Waals surface area contributed by atoms with Gasteiger partial charge in [-0.3, -0.25) is 0 Å². The lowest BCUT2D eigenvalue weighted by Gasteiger charge is -2.39. The summed E-state index contributed by atoms with van der Waals surface area (Å²) in [5.74, 6) is 1.08. The highest BCUT2D eigenvalue weighted by molar-refractivity contribution is 5.65. The molecule has 1 saturated heterocycles. The van der Waals surface area contributed by atoms with E-state index in [9.17, 15) is 13.2 Å². The van der Waals surface area contributed by atoms with Crippen molar-refractivity contribution in [3.05, 3.63) is 30.0 Å². The molecule has 0 N–H and O–H groups in total. The summed E-state index contributed by atoms with van der Waals surface area (Å²) >= 11 is 0. The highest BCUT2D eigenvalue weighted by Gasteiger charge is 2.50. The molecule has 2 fully saturated rings. The molecular weight excluding hydrogens is 407 g/mol. The first-order valence-corrected chi connectivity index (χ1v) is 10.4. The van der Waals surface area contributed by atoms with Crippen molar-refractivity contribution in [3.63, 3.8) is 0 Å². The highest BCUT2D eigenvalue weighted by Crippen LogP contribution is 2.53. The Labute approximate surface area is 180 Å². The van der Waals surface area contributed by atoms with Gasteiger partial charge in [-0.2, -0.15) is 13.2 Å². The summed E-state index contributed by atoms with van der Waals surface area (Å²) in [7, 11) is 3.00. The Bertz CT molecular complexity index is 993. The summed E-state index contributed by atoms with van der Waals surface area (Å²) in [5.41, 5.74) is -0.0221. The number of rotatable bonds is 4. The van der Waals surface area contributed by atoms with Crippen molar-refractivity contribution >= 4 is 5.95 Å². The van der Waals surface area contributed by atoms with Crippen LogP contribution in [0.4, 0.5) is 19.1 Å². The molecule has 2 bridgehead atoms. The van der Waals surface area contributed by atoms with Crippen molar-refractivity contribution in [1.82, 2.24) is 9.97 Å². The lowest BCUT2D eigenvalue weighted by Crippen LogP contribution is -2.35. The number of nitrogens with zero attached hydrogens (tertiary/aromatic N) is 3.